The van der Waals surface area contributed by atoms with E-state index in [2.05, 4.69) is 20.5 Å². The number of aromatic nitrogens is 5. The third kappa shape index (κ3) is 2.79. The molecule has 0 saturated heterocycles. The predicted octanol–water partition coefficient (Wildman–Crippen LogP) is 2.70. The molecule has 4 rings (SSSR count). The van der Waals surface area contributed by atoms with Crippen molar-refractivity contribution in [1.82, 2.24) is 25.2 Å². The van der Waals surface area contributed by atoms with Gasteiger partial charge in [-0.15, -0.1) is 15.3 Å². The van der Waals surface area contributed by atoms with Crippen molar-refractivity contribution in [2.24, 2.45) is 7.05 Å². The minimum absolute atomic E-state index is 0.181. The Kier molecular flexibility index (Phi) is 3.89. The van der Waals surface area contributed by atoms with Crippen LogP contribution in [0.1, 0.15) is 10.4 Å². The number of rotatable bonds is 3. The van der Waals surface area contributed by atoms with Crippen molar-refractivity contribution in [3.63, 3.8) is 0 Å². The van der Waals surface area contributed by atoms with E-state index in [1.54, 1.807) is 29.9 Å². The Bertz CT molecular complexity index is 1070. The molecule has 0 spiro atoms. The van der Waals surface area contributed by atoms with Gasteiger partial charge in [-0.1, -0.05) is 35.5 Å². The zero-order valence-electron chi connectivity index (χ0n) is 14.4. The number of anilines is 1. The molecule has 0 aliphatic carbocycles. The lowest BCUT2D eigenvalue weighted by molar-refractivity contribution is 0.0992. The molecular weight excluding hydrogens is 328 g/mol. The van der Waals surface area contributed by atoms with Gasteiger partial charge in [-0.05, 0) is 30.3 Å². The summed E-state index contributed by atoms with van der Waals surface area (Å²) in [5, 5.41) is 16.4. The highest BCUT2D eigenvalue weighted by Crippen LogP contribution is 2.19. The van der Waals surface area contributed by atoms with Gasteiger partial charge < -0.3 is 0 Å². The lowest BCUT2D eigenvalue weighted by Gasteiger charge is -2.16. The third-order valence-corrected chi connectivity index (χ3v) is 4.23. The van der Waals surface area contributed by atoms with E-state index in [0.29, 0.717) is 16.9 Å². The van der Waals surface area contributed by atoms with Gasteiger partial charge in [-0.25, -0.2) is 4.68 Å². The maximum Gasteiger partial charge on any atom is 0.259 e. The minimum atomic E-state index is -0.181. The highest BCUT2D eigenvalue weighted by molar-refractivity contribution is 6.06. The summed E-state index contributed by atoms with van der Waals surface area (Å²) in [7, 11) is 3.49. The molecule has 128 valence electrons. The first-order valence-corrected chi connectivity index (χ1v) is 8.10. The number of hydrogen-bond acceptors (Lipinski definition) is 5. The Morgan fingerprint density at radius 3 is 2.50 bits per heavy atom. The molecule has 0 fully saturated rings. The van der Waals surface area contributed by atoms with Crippen molar-refractivity contribution in [1.29, 1.82) is 0 Å². The molecular formula is C19H16N6O. The number of hydrogen-bond donors (Lipinski definition) is 0. The van der Waals surface area contributed by atoms with Crippen LogP contribution in [0.2, 0.25) is 0 Å². The maximum absolute atomic E-state index is 12.8. The van der Waals surface area contributed by atoms with E-state index < -0.39 is 0 Å². The van der Waals surface area contributed by atoms with E-state index in [1.165, 1.54) is 4.90 Å². The Labute approximate surface area is 149 Å². The van der Waals surface area contributed by atoms with Crippen LogP contribution in [0.15, 0.2) is 60.7 Å². The van der Waals surface area contributed by atoms with Crippen LogP contribution in [-0.4, -0.2) is 38.1 Å². The van der Waals surface area contributed by atoms with Gasteiger partial charge in [0.25, 0.3) is 5.91 Å². The number of nitrogens with zero attached hydrogens (tertiary/aromatic N) is 6. The summed E-state index contributed by atoms with van der Waals surface area (Å²) in [6, 6.07) is 18.7. The van der Waals surface area contributed by atoms with Crippen LogP contribution >= 0.6 is 0 Å². The van der Waals surface area contributed by atoms with Crippen LogP contribution in [0.3, 0.4) is 0 Å². The number of carbonyl (C=O) groups is 1. The second-order valence-electron chi connectivity index (χ2n) is 5.92. The summed E-state index contributed by atoms with van der Waals surface area (Å²) in [4.78, 5) is 14.2. The Hall–Kier alpha value is -3.61. The molecule has 1 amide bonds. The topological polar surface area (TPSA) is 76.8 Å². The molecule has 0 aliphatic rings. The smallest absolute Gasteiger partial charge is 0.259 e. The molecule has 0 atom stereocenters. The zero-order valence-corrected chi connectivity index (χ0v) is 14.4. The average Bonchev–Trinajstić information content (AvgIpc) is 3.08. The van der Waals surface area contributed by atoms with Gasteiger partial charge in [-0.3, -0.25) is 9.69 Å². The number of carbonyl (C=O) groups excluding carboxylic acids is 1. The summed E-state index contributed by atoms with van der Waals surface area (Å²) in [5.74, 6) is 0.299. The monoisotopic (exact) mass is 344 g/mol. The van der Waals surface area contributed by atoms with E-state index in [1.807, 2.05) is 49.5 Å². The number of amides is 1. The summed E-state index contributed by atoms with van der Waals surface area (Å²) >= 11 is 0. The summed E-state index contributed by atoms with van der Waals surface area (Å²) in [5.41, 5.74) is 3.81. The normalized spacial score (nSPS) is 10.8. The van der Waals surface area contributed by atoms with E-state index in [9.17, 15) is 4.79 Å². The van der Waals surface area contributed by atoms with Gasteiger partial charge >= 0.3 is 0 Å². The minimum Gasteiger partial charge on any atom is -0.294 e. The van der Waals surface area contributed by atoms with Crippen molar-refractivity contribution >= 4 is 22.8 Å². The number of fused-ring (bicyclic) bond motifs is 1. The fourth-order valence-corrected chi connectivity index (χ4v) is 2.74. The molecule has 26 heavy (non-hydrogen) atoms. The lowest BCUT2D eigenvalue weighted by Crippen LogP contribution is -2.27. The fraction of sp³-hybridized carbons (Fsp3) is 0.105. The Balaban J connectivity index is 1.59. The first kappa shape index (κ1) is 15.9. The SMILES string of the molecule is CN(C(=O)c1ccc2c(c1)nnn2C)c1ccc(-c2ccccc2)nn1. The van der Waals surface area contributed by atoms with Crippen LogP contribution < -0.4 is 4.90 Å². The molecule has 0 aliphatic heterocycles. The van der Waals surface area contributed by atoms with Crippen molar-refractivity contribution < 1.29 is 4.79 Å². The van der Waals surface area contributed by atoms with Crippen molar-refractivity contribution in [2.45, 2.75) is 0 Å². The van der Waals surface area contributed by atoms with Crippen molar-refractivity contribution in [2.75, 3.05) is 11.9 Å². The van der Waals surface area contributed by atoms with Crippen LogP contribution in [0.5, 0.6) is 0 Å². The summed E-state index contributed by atoms with van der Waals surface area (Å²) in [6.07, 6.45) is 0. The second-order valence-corrected chi connectivity index (χ2v) is 5.92. The van der Waals surface area contributed by atoms with Gasteiger partial charge in [0.2, 0.25) is 0 Å². The molecule has 0 N–H and O–H groups in total. The summed E-state index contributed by atoms with van der Waals surface area (Å²) in [6.45, 7) is 0. The molecule has 4 aromatic rings. The van der Waals surface area contributed by atoms with Crippen LogP contribution in [0, 0.1) is 0 Å². The van der Waals surface area contributed by atoms with Gasteiger partial charge in [-0.2, -0.15) is 0 Å². The summed E-state index contributed by atoms with van der Waals surface area (Å²) < 4.78 is 1.67. The molecule has 0 bridgehead atoms. The second kappa shape index (κ2) is 6.36. The standard InChI is InChI=1S/C19H16N6O/c1-24(18-11-9-15(20-22-18)13-6-4-3-5-7-13)19(26)14-8-10-17-16(12-14)21-23-25(17)2/h3-12H,1-2H3. The van der Waals surface area contributed by atoms with Gasteiger partial charge in [0, 0.05) is 25.2 Å². The largest absolute Gasteiger partial charge is 0.294 e. The van der Waals surface area contributed by atoms with E-state index in [-0.39, 0.29) is 5.91 Å². The van der Waals surface area contributed by atoms with Gasteiger partial charge in [0.15, 0.2) is 5.82 Å². The van der Waals surface area contributed by atoms with Crippen LogP contribution in [-0.2, 0) is 7.05 Å². The van der Waals surface area contributed by atoms with Gasteiger partial charge in [0.1, 0.15) is 5.52 Å². The van der Waals surface area contributed by atoms with Crippen LogP contribution in [0.4, 0.5) is 5.82 Å². The zero-order chi connectivity index (χ0) is 18.1. The highest BCUT2D eigenvalue weighted by Gasteiger charge is 2.16. The van der Waals surface area contributed by atoms with E-state index in [0.717, 1.165) is 16.8 Å². The molecule has 7 heteroatoms. The maximum atomic E-state index is 12.8. The quantitative estimate of drug-likeness (QED) is 0.571. The molecule has 7 nitrogen and oxygen atoms in total. The fourth-order valence-electron chi connectivity index (χ4n) is 2.74. The van der Waals surface area contributed by atoms with Crippen molar-refractivity contribution in [3.05, 3.63) is 66.2 Å². The van der Waals surface area contributed by atoms with E-state index in [4.69, 9.17) is 0 Å². The first-order valence-electron chi connectivity index (χ1n) is 8.10. The van der Waals surface area contributed by atoms with Crippen molar-refractivity contribution in [3.8, 4) is 11.3 Å². The lowest BCUT2D eigenvalue weighted by atomic mass is 10.1. The Morgan fingerprint density at radius 2 is 1.77 bits per heavy atom. The third-order valence-electron chi connectivity index (χ3n) is 4.23. The predicted molar refractivity (Wildman–Crippen MR) is 98.7 cm³/mol. The molecule has 2 aromatic carbocycles. The Morgan fingerprint density at radius 1 is 0.962 bits per heavy atom. The molecule has 0 saturated carbocycles. The molecule has 2 aromatic heterocycles. The average molecular weight is 344 g/mol. The first-order chi connectivity index (χ1) is 12.6. The van der Waals surface area contributed by atoms with Crippen LogP contribution in [0.25, 0.3) is 22.3 Å². The molecule has 0 radical (unpaired) electrons. The molecule has 2 heterocycles. The number of aryl methyl sites for hydroxylation is 1. The van der Waals surface area contributed by atoms with Gasteiger partial charge in [0.05, 0.1) is 11.2 Å². The molecule has 0 unspecified atom stereocenters. The number of benzene rings is 2. The highest BCUT2D eigenvalue weighted by atomic mass is 16.2. The van der Waals surface area contributed by atoms with E-state index >= 15 is 0 Å².